The van der Waals surface area contributed by atoms with E-state index >= 15 is 0 Å². The molecule has 0 fully saturated rings. The Morgan fingerprint density at radius 3 is 2.14 bits per heavy atom. The summed E-state index contributed by atoms with van der Waals surface area (Å²) in [5.74, 6) is -3.43. The van der Waals surface area contributed by atoms with Crippen molar-refractivity contribution in [1.29, 1.82) is 0 Å². The molecular weight excluding hydrogens is 326 g/mol. The summed E-state index contributed by atoms with van der Waals surface area (Å²) < 4.78 is 57.3. The topological polar surface area (TPSA) is 161 Å². The van der Waals surface area contributed by atoms with Gasteiger partial charge >= 0.3 is 5.97 Å². The van der Waals surface area contributed by atoms with Gasteiger partial charge in [-0.25, -0.2) is 0 Å². The number of carboxylic acid groups (broad SMARTS) is 1. The van der Waals surface area contributed by atoms with Gasteiger partial charge in [-0.3, -0.25) is 13.5 Å². The highest BCUT2D eigenvalue weighted by molar-refractivity contribution is 7.87. The molecule has 0 aliphatic carbocycles. The van der Waals surface area contributed by atoms with Gasteiger partial charge in [0.25, 0.3) is 20.2 Å². The number of nitrogens with two attached hydrogens (primary N) is 1. The van der Waals surface area contributed by atoms with Crippen LogP contribution >= 0.6 is 0 Å². The van der Waals surface area contributed by atoms with Gasteiger partial charge in [0.05, 0.1) is 24.0 Å². The minimum Gasteiger partial charge on any atom is -0.481 e. The fraction of sp³-hybridized carbons (Fsp3) is 0.900. The Hall–Kier alpha value is -0.750. The minimum absolute atomic E-state index is 0.172. The summed E-state index contributed by atoms with van der Waals surface area (Å²) in [5, 5.41) is 8.99. The highest BCUT2D eigenvalue weighted by Crippen LogP contribution is 2.27. The molecule has 0 aliphatic rings. The van der Waals surface area contributed by atoms with E-state index < -0.39 is 55.7 Å². The smallest absolute Gasteiger partial charge is 0.308 e. The van der Waals surface area contributed by atoms with Crippen LogP contribution in [0.3, 0.4) is 0 Å². The summed E-state index contributed by atoms with van der Waals surface area (Å²) in [7, 11) is -8.25. The maximum Gasteiger partial charge on any atom is 0.308 e. The first-order valence-electron chi connectivity index (χ1n) is 6.06. The van der Waals surface area contributed by atoms with Crippen molar-refractivity contribution in [3.05, 3.63) is 0 Å². The third-order valence-electron chi connectivity index (χ3n) is 2.88. The van der Waals surface area contributed by atoms with Crippen LogP contribution in [0.25, 0.3) is 0 Å². The van der Waals surface area contributed by atoms with E-state index in [0.717, 1.165) is 0 Å². The van der Waals surface area contributed by atoms with E-state index in [-0.39, 0.29) is 13.0 Å². The highest BCUT2D eigenvalue weighted by Gasteiger charge is 2.35. The van der Waals surface area contributed by atoms with Crippen LogP contribution < -0.4 is 5.73 Å². The predicted octanol–water partition coefficient (Wildman–Crippen LogP) is -0.704. The summed E-state index contributed by atoms with van der Waals surface area (Å²) in [5.41, 5.74) is 4.33. The van der Waals surface area contributed by atoms with Gasteiger partial charge in [0.1, 0.15) is 0 Å². The van der Waals surface area contributed by atoms with Gasteiger partial charge in [0.2, 0.25) is 0 Å². The van der Waals surface area contributed by atoms with Crippen LogP contribution in [0.5, 0.6) is 0 Å². The van der Waals surface area contributed by atoms with E-state index in [0.29, 0.717) is 0 Å². The molecule has 1 atom stereocenters. The minimum atomic E-state index is -4.23. The number of aliphatic carboxylic acids is 1. The van der Waals surface area contributed by atoms with Crippen molar-refractivity contribution >= 4 is 26.2 Å². The lowest BCUT2D eigenvalue weighted by Gasteiger charge is -2.29. The van der Waals surface area contributed by atoms with Gasteiger partial charge in [0.15, 0.2) is 0 Å². The zero-order valence-corrected chi connectivity index (χ0v) is 13.5. The van der Waals surface area contributed by atoms with E-state index in [9.17, 15) is 21.6 Å². The van der Waals surface area contributed by atoms with Crippen molar-refractivity contribution in [3.8, 4) is 0 Å². The maximum atomic E-state index is 11.6. The standard InChI is InChI=1S/C10H21NO8S2/c1-10(2,8(6-11)9(12)13)7-19-21(17,18)5-3-4-20(14,15)16/h8H,3-7,11H2,1-2H3,(H,12,13)(H,14,15,16)/t8-/m0/s1. The Labute approximate surface area is 124 Å². The third-order valence-corrected chi connectivity index (χ3v) is 4.95. The molecule has 0 rings (SSSR count). The third kappa shape index (κ3) is 8.31. The van der Waals surface area contributed by atoms with Crippen LogP contribution in [0.15, 0.2) is 0 Å². The summed E-state index contributed by atoms with van der Waals surface area (Å²) >= 11 is 0. The first-order valence-corrected chi connectivity index (χ1v) is 9.24. The molecule has 11 heteroatoms. The zero-order valence-electron chi connectivity index (χ0n) is 11.9. The second kappa shape index (κ2) is 7.49. The molecule has 9 nitrogen and oxygen atoms in total. The van der Waals surface area contributed by atoms with Crippen LogP contribution in [0, 0.1) is 11.3 Å². The van der Waals surface area contributed by atoms with Crippen molar-refractivity contribution in [1.82, 2.24) is 0 Å². The number of hydrogen-bond donors (Lipinski definition) is 3. The Bertz CT molecular complexity index is 552. The normalized spacial score (nSPS) is 14.9. The SMILES string of the molecule is CC(C)(COS(=O)(=O)CCCS(=O)(=O)O)[C@@H](CN)C(=O)O. The van der Waals surface area contributed by atoms with Crippen molar-refractivity contribution in [2.45, 2.75) is 20.3 Å². The van der Waals surface area contributed by atoms with Gasteiger partial charge in [-0.05, 0) is 6.42 Å². The van der Waals surface area contributed by atoms with Crippen molar-refractivity contribution in [2.24, 2.45) is 17.1 Å². The molecule has 0 saturated carbocycles. The van der Waals surface area contributed by atoms with E-state index in [1.165, 1.54) is 13.8 Å². The average Bonchev–Trinajstić information content (AvgIpc) is 2.24. The molecule has 0 unspecified atom stereocenters. The Morgan fingerprint density at radius 1 is 1.24 bits per heavy atom. The summed E-state index contributed by atoms with van der Waals surface area (Å²) in [6, 6.07) is 0. The molecule has 0 bridgehead atoms. The van der Waals surface area contributed by atoms with Gasteiger partial charge in [-0.15, -0.1) is 0 Å². The second-order valence-corrected chi connectivity index (χ2v) is 8.61. The number of carboxylic acids is 1. The molecule has 0 amide bonds. The van der Waals surface area contributed by atoms with Crippen LogP contribution in [0.4, 0.5) is 0 Å². The van der Waals surface area contributed by atoms with Crippen molar-refractivity contribution in [2.75, 3.05) is 24.7 Å². The largest absolute Gasteiger partial charge is 0.481 e. The number of rotatable bonds is 10. The average molecular weight is 347 g/mol. The molecule has 126 valence electrons. The van der Waals surface area contributed by atoms with Crippen molar-refractivity contribution in [3.63, 3.8) is 0 Å². The summed E-state index contributed by atoms with van der Waals surface area (Å²) in [6.45, 7) is 2.45. The van der Waals surface area contributed by atoms with Gasteiger partial charge in [-0.2, -0.15) is 16.8 Å². The Kier molecular flexibility index (Phi) is 7.23. The van der Waals surface area contributed by atoms with Crippen molar-refractivity contribution < 1.29 is 35.5 Å². The number of hydrogen-bond acceptors (Lipinski definition) is 7. The quantitative estimate of drug-likeness (QED) is 0.342. The molecule has 0 aromatic carbocycles. The van der Waals surface area contributed by atoms with Crippen LogP contribution in [0.2, 0.25) is 0 Å². The second-order valence-electron chi connectivity index (χ2n) is 5.28. The number of carbonyl (C=O) groups is 1. The fourth-order valence-electron chi connectivity index (χ4n) is 1.57. The Balaban J connectivity index is 4.58. The van der Waals surface area contributed by atoms with Crippen LogP contribution in [-0.2, 0) is 29.2 Å². The monoisotopic (exact) mass is 347 g/mol. The van der Waals surface area contributed by atoms with Crippen LogP contribution in [0.1, 0.15) is 20.3 Å². The fourth-order valence-corrected chi connectivity index (χ4v) is 3.36. The van der Waals surface area contributed by atoms with E-state index in [1.54, 1.807) is 0 Å². The summed E-state index contributed by atoms with van der Waals surface area (Å²) in [6.07, 6.45) is -0.319. The molecule has 0 spiro atoms. The molecule has 0 saturated heterocycles. The molecule has 0 aliphatic heterocycles. The molecular formula is C10H21NO8S2. The van der Waals surface area contributed by atoms with Gasteiger partial charge in [0, 0.05) is 12.0 Å². The van der Waals surface area contributed by atoms with E-state index in [4.69, 9.17) is 19.6 Å². The van der Waals surface area contributed by atoms with Gasteiger partial charge < -0.3 is 10.8 Å². The van der Waals surface area contributed by atoms with E-state index in [1.807, 2.05) is 0 Å². The first kappa shape index (κ1) is 20.2. The van der Waals surface area contributed by atoms with Crippen LogP contribution in [-0.4, -0.2) is 57.1 Å². The Morgan fingerprint density at radius 2 is 1.76 bits per heavy atom. The lowest BCUT2D eigenvalue weighted by molar-refractivity contribution is -0.146. The van der Waals surface area contributed by atoms with Gasteiger partial charge in [-0.1, -0.05) is 13.8 Å². The molecule has 4 N–H and O–H groups in total. The lowest BCUT2D eigenvalue weighted by Crippen LogP contribution is -2.40. The maximum absolute atomic E-state index is 11.6. The zero-order chi connectivity index (χ0) is 16.9. The predicted molar refractivity (Wildman–Crippen MR) is 74.7 cm³/mol. The molecule has 21 heavy (non-hydrogen) atoms. The molecule has 0 aromatic heterocycles. The summed E-state index contributed by atoms with van der Waals surface area (Å²) in [4.78, 5) is 11.0. The molecule has 0 aromatic rings. The highest BCUT2D eigenvalue weighted by atomic mass is 32.2. The lowest BCUT2D eigenvalue weighted by atomic mass is 9.79. The molecule has 0 heterocycles. The first-order chi connectivity index (χ1) is 9.31. The molecule has 0 radical (unpaired) electrons. The van der Waals surface area contributed by atoms with E-state index in [2.05, 4.69) is 0 Å².